The molecule has 0 bridgehead atoms. The zero-order valence-corrected chi connectivity index (χ0v) is 17.9. The Labute approximate surface area is 191 Å². The largest absolute Gasteiger partial charge is 0.449 e. The maximum absolute atomic E-state index is 12.2. The second-order valence-electron chi connectivity index (χ2n) is 7.91. The van der Waals surface area contributed by atoms with Gasteiger partial charge in [-0.25, -0.2) is 4.79 Å². The van der Waals surface area contributed by atoms with Crippen LogP contribution in [0, 0.1) is 11.8 Å². The van der Waals surface area contributed by atoms with Gasteiger partial charge < -0.3 is 15.0 Å². The molecule has 0 spiro atoms. The predicted molar refractivity (Wildman–Crippen MR) is 129 cm³/mol. The summed E-state index contributed by atoms with van der Waals surface area (Å²) in [5.74, 6) is 6.16. The average Bonchev–Trinajstić information content (AvgIpc) is 3.16. The lowest BCUT2D eigenvalue weighted by molar-refractivity contribution is 0.143. The van der Waals surface area contributed by atoms with E-state index in [0.29, 0.717) is 25.0 Å². The average molecular weight is 434 g/mol. The van der Waals surface area contributed by atoms with Gasteiger partial charge in [0.1, 0.15) is 6.61 Å². The van der Waals surface area contributed by atoms with Crippen LogP contribution in [0.1, 0.15) is 29.0 Å². The molecule has 0 aliphatic heterocycles. The molecular weight excluding hydrogens is 412 g/mol. The molecule has 162 valence electrons. The smallest absolute Gasteiger partial charge is 0.407 e. The molecule has 0 atom stereocenters. The van der Waals surface area contributed by atoms with Crippen molar-refractivity contribution in [1.82, 2.24) is 10.3 Å². The minimum Gasteiger partial charge on any atom is -0.449 e. The quantitative estimate of drug-likeness (QED) is 0.358. The maximum atomic E-state index is 12.2. The van der Waals surface area contributed by atoms with Crippen molar-refractivity contribution in [1.29, 1.82) is 0 Å². The first-order valence-electron chi connectivity index (χ1n) is 10.9. The van der Waals surface area contributed by atoms with Crippen molar-refractivity contribution in [2.24, 2.45) is 0 Å². The van der Waals surface area contributed by atoms with Crippen molar-refractivity contribution < 1.29 is 9.53 Å². The highest BCUT2D eigenvalue weighted by Crippen LogP contribution is 2.44. The standard InChI is InChI=1S/C28H22N2O3/c31-27-14-16-29-26-17-19(12-13-24(26)27)7-5-6-15-30-28(32)33-18-25-22-10-3-1-8-20(22)21-9-2-4-11-23(21)25/h1-4,8-14,16-17,25H,6,15,18H2,(H,29,31)(H,30,32). The number of carbonyl (C=O) groups is 1. The van der Waals surface area contributed by atoms with Crippen molar-refractivity contribution in [2.45, 2.75) is 12.3 Å². The van der Waals surface area contributed by atoms with Crippen LogP contribution in [0.2, 0.25) is 0 Å². The summed E-state index contributed by atoms with van der Waals surface area (Å²) in [6.07, 6.45) is 1.68. The Balaban J connectivity index is 1.14. The summed E-state index contributed by atoms with van der Waals surface area (Å²) in [5.41, 5.74) is 6.33. The van der Waals surface area contributed by atoms with Gasteiger partial charge in [0.05, 0.1) is 5.52 Å². The van der Waals surface area contributed by atoms with Crippen LogP contribution in [0.3, 0.4) is 0 Å². The molecule has 4 aromatic rings. The van der Waals surface area contributed by atoms with E-state index < -0.39 is 6.09 Å². The summed E-state index contributed by atoms with van der Waals surface area (Å²) in [6, 6.07) is 23.5. The maximum Gasteiger partial charge on any atom is 0.407 e. The fraction of sp³-hybridized carbons (Fsp3) is 0.143. The SMILES string of the molecule is O=C(NCCC#Cc1ccc2c(=O)cc[nH]c2c1)OCC1c2ccccc2-c2ccccc21. The molecule has 5 rings (SSSR count). The van der Waals surface area contributed by atoms with Crippen LogP contribution >= 0.6 is 0 Å². The van der Waals surface area contributed by atoms with E-state index in [1.54, 1.807) is 12.3 Å². The zero-order chi connectivity index (χ0) is 22.6. The highest BCUT2D eigenvalue weighted by molar-refractivity contribution is 5.80. The van der Waals surface area contributed by atoms with Crippen molar-refractivity contribution in [3.05, 3.63) is 106 Å². The Bertz CT molecular complexity index is 1410. The summed E-state index contributed by atoms with van der Waals surface area (Å²) in [6.45, 7) is 0.689. The Hall–Kier alpha value is -4.30. The minimum atomic E-state index is -0.443. The van der Waals surface area contributed by atoms with Crippen LogP contribution < -0.4 is 10.7 Å². The van der Waals surface area contributed by atoms with Gasteiger partial charge in [0.2, 0.25) is 0 Å². The van der Waals surface area contributed by atoms with Gasteiger partial charge in [-0.2, -0.15) is 0 Å². The van der Waals surface area contributed by atoms with E-state index in [0.717, 1.165) is 11.1 Å². The summed E-state index contributed by atoms with van der Waals surface area (Å²) in [5, 5.41) is 3.41. The van der Waals surface area contributed by atoms with Gasteiger partial charge in [0.15, 0.2) is 5.43 Å². The second-order valence-corrected chi connectivity index (χ2v) is 7.91. The van der Waals surface area contributed by atoms with Crippen LogP contribution in [-0.2, 0) is 4.74 Å². The van der Waals surface area contributed by atoms with Gasteiger partial charge in [-0.3, -0.25) is 4.79 Å². The minimum absolute atomic E-state index is 0.0180. The number of benzene rings is 3. The molecule has 1 amide bonds. The second kappa shape index (κ2) is 9.05. The Morgan fingerprint density at radius 3 is 2.45 bits per heavy atom. The van der Waals surface area contributed by atoms with Gasteiger partial charge in [-0.15, -0.1) is 0 Å². The third-order valence-electron chi connectivity index (χ3n) is 5.85. The summed E-state index contributed by atoms with van der Waals surface area (Å²) < 4.78 is 5.53. The zero-order valence-electron chi connectivity index (χ0n) is 17.9. The molecule has 0 fully saturated rings. The van der Waals surface area contributed by atoms with Crippen molar-refractivity contribution in [3.8, 4) is 23.0 Å². The van der Waals surface area contributed by atoms with E-state index in [9.17, 15) is 9.59 Å². The Morgan fingerprint density at radius 2 is 1.70 bits per heavy atom. The number of rotatable bonds is 4. The number of ether oxygens (including phenoxy) is 1. The monoisotopic (exact) mass is 434 g/mol. The topological polar surface area (TPSA) is 71.2 Å². The molecule has 0 saturated heterocycles. The van der Waals surface area contributed by atoms with Crippen LogP contribution in [0.25, 0.3) is 22.0 Å². The van der Waals surface area contributed by atoms with Crippen LogP contribution in [0.4, 0.5) is 4.79 Å². The molecule has 5 heteroatoms. The summed E-state index contributed by atoms with van der Waals surface area (Å²) in [7, 11) is 0. The highest BCUT2D eigenvalue weighted by atomic mass is 16.5. The fourth-order valence-corrected chi connectivity index (χ4v) is 4.29. The normalized spacial score (nSPS) is 11.9. The number of amides is 1. The summed E-state index contributed by atoms with van der Waals surface area (Å²) in [4.78, 5) is 27.1. The summed E-state index contributed by atoms with van der Waals surface area (Å²) >= 11 is 0. The number of alkyl carbamates (subject to hydrolysis) is 1. The third-order valence-corrected chi connectivity index (χ3v) is 5.85. The number of fused-ring (bicyclic) bond motifs is 4. The van der Waals surface area contributed by atoms with Gasteiger partial charge in [0.25, 0.3) is 0 Å². The Morgan fingerprint density at radius 1 is 0.970 bits per heavy atom. The van der Waals surface area contributed by atoms with Crippen LogP contribution in [0.15, 0.2) is 83.8 Å². The van der Waals surface area contributed by atoms with E-state index in [1.165, 1.54) is 28.3 Å². The van der Waals surface area contributed by atoms with E-state index in [4.69, 9.17) is 4.74 Å². The van der Waals surface area contributed by atoms with Crippen LogP contribution in [-0.4, -0.2) is 24.2 Å². The molecule has 1 aromatic heterocycles. The molecule has 5 nitrogen and oxygen atoms in total. The predicted octanol–water partition coefficient (Wildman–Crippen LogP) is 4.81. The number of pyridine rings is 1. The van der Waals surface area contributed by atoms with E-state index in [2.05, 4.69) is 46.4 Å². The number of carbonyl (C=O) groups excluding carboxylic acids is 1. The molecule has 0 radical (unpaired) electrons. The lowest BCUT2D eigenvalue weighted by atomic mass is 9.98. The first-order chi connectivity index (χ1) is 16.2. The number of aromatic amines is 1. The van der Waals surface area contributed by atoms with Crippen molar-refractivity contribution in [2.75, 3.05) is 13.2 Å². The number of hydrogen-bond acceptors (Lipinski definition) is 3. The van der Waals surface area contributed by atoms with Gasteiger partial charge in [0, 0.05) is 42.1 Å². The number of aromatic nitrogens is 1. The first-order valence-corrected chi connectivity index (χ1v) is 10.9. The lowest BCUT2D eigenvalue weighted by Crippen LogP contribution is -2.26. The van der Waals surface area contributed by atoms with Crippen molar-refractivity contribution in [3.63, 3.8) is 0 Å². The first kappa shape index (κ1) is 20.6. The third kappa shape index (κ3) is 4.24. The molecular formula is C28H22N2O3. The molecule has 1 aliphatic rings. The molecule has 3 aromatic carbocycles. The molecule has 0 saturated carbocycles. The van der Waals surface area contributed by atoms with Gasteiger partial charge in [-0.05, 0) is 40.5 Å². The molecule has 0 unspecified atom stereocenters. The van der Waals surface area contributed by atoms with Gasteiger partial charge >= 0.3 is 6.09 Å². The van der Waals surface area contributed by atoms with Crippen molar-refractivity contribution >= 4 is 17.0 Å². The number of hydrogen-bond donors (Lipinski definition) is 2. The van der Waals surface area contributed by atoms with Gasteiger partial charge in [-0.1, -0.05) is 60.4 Å². The molecule has 2 N–H and O–H groups in total. The number of H-pyrrole nitrogens is 1. The van der Waals surface area contributed by atoms with E-state index in [-0.39, 0.29) is 11.3 Å². The number of nitrogens with one attached hydrogen (secondary N) is 2. The Kier molecular flexibility index (Phi) is 5.65. The van der Waals surface area contributed by atoms with E-state index >= 15 is 0 Å². The fourth-order valence-electron chi connectivity index (χ4n) is 4.29. The molecule has 1 aliphatic carbocycles. The highest BCUT2D eigenvalue weighted by Gasteiger charge is 2.28. The van der Waals surface area contributed by atoms with E-state index in [1.807, 2.05) is 36.4 Å². The lowest BCUT2D eigenvalue weighted by Gasteiger charge is -2.14. The molecule has 33 heavy (non-hydrogen) atoms. The van der Waals surface area contributed by atoms with Crippen LogP contribution in [0.5, 0.6) is 0 Å². The molecule has 1 heterocycles.